The summed E-state index contributed by atoms with van der Waals surface area (Å²) in [6, 6.07) is 0. The van der Waals surface area contributed by atoms with Crippen molar-refractivity contribution < 1.29 is 28.6 Å². The zero-order chi connectivity index (χ0) is 51.4. The normalized spacial score (nSPS) is 12.2. The van der Waals surface area contributed by atoms with Crippen LogP contribution in [0.5, 0.6) is 0 Å². The van der Waals surface area contributed by atoms with E-state index in [-0.39, 0.29) is 31.1 Å². The molecule has 0 saturated carbocycles. The molecule has 0 heterocycles. The summed E-state index contributed by atoms with van der Waals surface area (Å²) in [5.74, 6) is -0.866. The third-order valence-electron chi connectivity index (χ3n) is 14.2. The highest BCUT2D eigenvalue weighted by Gasteiger charge is 2.19. The maximum atomic E-state index is 12.9. The number of ether oxygens (including phenoxy) is 3. The Hall–Kier alpha value is -2.37. The number of unbranched alkanes of at least 4 members (excludes halogenated alkanes) is 41. The van der Waals surface area contributed by atoms with Crippen molar-refractivity contribution in [1.29, 1.82) is 0 Å². The minimum atomic E-state index is -0.778. The van der Waals surface area contributed by atoms with Crippen molar-refractivity contribution in [2.45, 2.75) is 348 Å². The van der Waals surface area contributed by atoms with Gasteiger partial charge in [0.1, 0.15) is 13.2 Å². The van der Waals surface area contributed by atoms with Gasteiger partial charge < -0.3 is 14.2 Å². The zero-order valence-corrected chi connectivity index (χ0v) is 47.8. The van der Waals surface area contributed by atoms with Crippen LogP contribution in [-0.2, 0) is 28.6 Å². The summed E-state index contributed by atoms with van der Waals surface area (Å²) in [6.07, 6.45) is 72.9. The Morgan fingerprint density at radius 3 is 0.859 bits per heavy atom. The fourth-order valence-electron chi connectivity index (χ4n) is 9.46. The molecule has 0 aliphatic carbocycles. The smallest absolute Gasteiger partial charge is 0.306 e. The van der Waals surface area contributed by atoms with E-state index in [9.17, 15) is 14.4 Å². The maximum Gasteiger partial charge on any atom is 0.306 e. The molecule has 0 spiro atoms. The van der Waals surface area contributed by atoms with Crippen LogP contribution in [0.25, 0.3) is 0 Å². The fraction of sp³-hybridized carbons (Fsp3) is 0.862. The maximum absolute atomic E-state index is 12.9. The van der Waals surface area contributed by atoms with Crippen LogP contribution in [0.15, 0.2) is 36.5 Å². The predicted octanol–water partition coefficient (Wildman–Crippen LogP) is 21.2. The summed E-state index contributed by atoms with van der Waals surface area (Å²) in [6.45, 7) is 6.58. The van der Waals surface area contributed by atoms with Crippen molar-refractivity contribution in [1.82, 2.24) is 0 Å². The lowest BCUT2D eigenvalue weighted by molar-refractivity contribution is -0.167. The number of esters is 3. The zero-order valence-electron chi connectivity index (χ0n) is 47.8. The molecule has 0 N–H and O–H groups in total. The van der Waals surface area contributed by atoms with Crippen LogP contribution in [0.2, 0.25) is 0 Å². The molecule has 416 valence electrons. The third kappa shape index (κ3) is 58.4. The van der Waals surface area contributed by atoms with Crippen LogP contribution in [0.1, 0.15) is 342 Å². The minimum Gasteiger partial charge on any atom is -0.462 e. The van der Waals surface area contributed by atoms with Crippen LogP contribution >= 0.6 is 0 Å². The lowest BCUT2D eigenvalue weighted by atomic mass is 10.0. The number of carbonyl (C=O) groups is 3. The van der Waals surface area contributed by atoms with E-state index in [4.69, 9.17) is 14.2 Å². The van der Waals surface area contributed by atoms with Gasteiger partial charge in [-0.15, -0.1) is 0 Å². The Morgan fingerprint density at radius 1 is 0.296 bits per heavy atom. The molecule has 6 heteroatoms. The Morgan fingerprint density at radius 2 is 0.549 bits per heavy atom. The predicted molar refractivity (Wildman–Crippen MR) is 307 cm³/mol. The molecule has 0 aromatic rings. The van der Waals surface area contributed by atoms with E-state index >= 15 is 0 Å². The quantitative estimate of drug-likeness (QED) is 0.0261. The van der Waals surface area contributed by atoms with Gasteiger partial charge in [0.05, 0.1) is 0 Å². The fourth-order valence-corrected chi connectivity index (χ4v) is 9.46. The first-order valence-electron chi connectivity index (χ1n) is 31.5. The first-order chi connectivity index (χ1) is 35.0. The molecule has 0 aliphatic rings. The average Bonchev–Trinajstić information content (AvgIpc) is 3.37. The lowest BCUT2D eigenvalue weighted by Crippen LogP contribution is -2.30. The summed E-state index contributed by atoms with van der Waals surface area (Å²) >= 11 is 0. The van der Waals surface area contributed by atoms with E-state index in [1.807, 2.05) is 0 Å². The van der Waals surface area contributed by atoms with Gasteiger partial charge in [0.25, 0.3) is 0 Å². The van der Waals surface area contributed by atoms with E-state index in [0.717, 1.165) is 96.3 Å². The highest BCUT2D eigenvalue weighted by atomic mass is 16.6. The van der Waals surface area contributed by atoms with Gasteiger partial charge in [0.15, 0.2) is 6.10 Å². The molecule has 0 aromatic heterocycles. The van der Waals surface area contributed by atoms with E-state index in [1.54, 1.807) is 0 Å². The van der Waals surface area contributed by atoms with E-state index in [0.29, 0.717) is 19.3 Å². The topological polar surface area (TPSA) is 78.9 Å². The van der Waals surface area contributed by atoms with Crippen LogP contribution in [-0.4, -0.2) is 37.2 Å². The molecule has 71 heavy (non-hydrogen) atoms. The molecule has 1 atom stereocenters. The van der Waals surface area contributed by atoms with Crippen LogP contribution < -0.4 is 0 Å². The van der Waals surface area contributed by atoms with E-state index in [1.165, 1.54) is 205 Å². The molecule has 0 bridgehead atoms. The highest BCUT2D eigenvalue weighted by molar-refractivity contribution is 5.71. The number of rotatable bonds is 58. The van der Waals surface area contributed by atoms with E-state index in [2.05, 4.69) is 57.2 Å². The largest absolute Gasteiger partial charge is 0.462 e. The number of carbonyl (C=O) groups excluding carboxylic acids is 3. The van der Waals surface area contributed by atoms with Crippen LogP contribution in [0, 0.1) is 0 Å². The number of allylic oxidation sites excluding steroid dienone is 6. The first kappa shape index (κ1) is 68.6. The van der Waals surface area contributed by atoms with E-state index < -0.39 is 6.10 Å². The van der Waals surface area contributed by atoms with Gasteiger partial charge in [-0.2, -0.15) is 0 Å². The van der Waals surface area contributed by atoms with Crippen molar-refractivity contribution in [3.05, 3.63) is 36.5 Å². The number of hydrogen-bond donors (Lipinski definition) is 0. The van der Waals surface area contributed by atoms with Crippen molar-refractivity contribution in [3.63, 3.8) is 0 Å². The first-order valence-corrected chi connectivity index (χ1v) is 31.5. The SMILES string of the molecule is CC/C=C\C/C=C\C/C=C\CCCCCCCC(=O)OC(COC(=O)CCCCCCCCCCCCCCCCCCC)COC(=O)CCCCCCCCCCCCCCCCCCCCCCC. The molecule has 0 radical (unpaired) electrons. The lowest BCUT2D eigenvalue weighted by Gasteiger charge is -2.18. The average molecular weight is 998 g/mol. The summed E-state index contributed by atoms with van der Waals surface area (Å²) in [5, 5.41) is 0. The summed E-state index contributed by atoms with van der Waals surface area (Å²) in [4.78, 5) is 38.3. The Balaban J connectivity index is 4.30. The van der Waals surface area contributed by atoms with Crippen molar-refractivity contribution in [3.8, 4) is 0 Å². The van der Waals surface area contributed by atoms with Crippen LogP contribution in [0.3, 0.4) is 0 Å². The molecule has 6 nitrogen and oxygen atoms in total. The molecular weight excluding hydrogens is 877 g/mol. The van der Waals surface area contributed by atoms with Gasteiger partial charge in [0.2, 0.25) is 0 Å². The summed E-state index contributed by atoms with van der Waals surface area (Å²) < 4.78 is 16.9. The van der Waals surface area contributed by atoms with Gasteiger partial charge in [-0.1, -0.05) is 308 Å². The molecular formula is C65H120O6. The van der Waals surface area contributed by atoms with Gasteiger partial charge in [-0.25, -0.2) is 0 Å². The molecule has 1 unspecified atom stereocenters. The molecule has 0 amide bonds. The molecule has 0 aromatic carbocycles. The molecule has 0 aliphatic heterocycles. The molecule has 0 saturated heterocycles. The van der Waals surface area contributed by atoms with Gasteiger partial charge in [-0.3, -0.25) is 14.4 Å². The Bertz CT molecular complexity index is 1190. The molecule has 0 rings (SSSR count). The van der Waals surface area contributed by atoms with Crippen LogP contribution in [0.4, 0.5) is 0 Å². The molecule has 0 fully saturated rings. The van der Waals surface area contributed by atoms with Gasteiger partial charge in [-0.05, 0) is 51.4 Å². The van der Waals surface area contributed by atoms with Gasteiger partial charge >= 0.3 is 17.9 Å². The second-order valence-corrected chi connectivity index (χ2v) is 21.3. The highest BCUT2D eigenvalue weighted by Crippen LogP contribution is 2.18. The summed E-state index contributed by atoms with van der Waals surface area (Å²) in [5.41, 5.74) is 0. The number of hydrogen-bond acceptors (Lipinski definition) is 6. The van der Waals surface area contributed by atoms with Crippen molar-refractivity contribution in [2.24, 2.45) is 0 Å². The Kier molecular flexibility index (Phi) is 58.2. The second kappa shape index (κ2) is 60.2. The third-order valence-corrected chi connectivity index (χ3v) is 14.2. The second-order valence-electron chi connectivity index (χ2n) is 21.3. The van der Waals surface area contributed by atoms with Crippen molar-refractivity contribution in [2.75, 3.05) is 13.2 Å². The summed E-state index contributed by atoms with van der Waals surface area (Å²) in [7, 11) is 0. The minimum absolute atomic E-state index is 0.0740. The standard InChI is InChI=1S/C65H120O6/c1-4-7-10-13-16-19-22-25-28-30-31-32-33-35-38-40-43-46-49-52-55-58-64(67)70-61-62(71-65(68)59-56-53-50-47-44-41-36-27-24-21-18-15-12-9-6-3)60-69-63(66)57-54-51-48-45-42-39-37-34-29-26-23-20-17-14-11-8-5-2/h9,12,18,21,27,36,62H,4-8,10-11,13-17,19-20,22-26,28-35,37-61H2,1-3H3/b12-9-,21-18-,36-27-. The monoisotopic (exact) mass is 997 g/mol. The van der Waals surface area contributed by atoms with Crippen molar-refractivity contribution >= 4 is 17.9 Å². The Labute approximate surface area is 442 Å². The van der Waals surface area contributed by atoms with Gasteiger partial charge in [0, 0.05) is 19.3 Å².